The minimum Gasteiger partial charge on any atom is -0.490 e. The Morgan fingerprint density at radius 2 is 1.88 bits per heavy atom. The SMILES string of the molecule is COc1cccc2c(C(=O)CCC3CC(Oc4cc(F)c(C(C)(C)C)c(F)c4)C3)cnn12. The summed E-state index contributed by atoms with van der Waals surface area (Å²) in [5.74, 6) is 0.0122. The van der Waals surface area contributed by atoms with E-state index in [1.54, 1.807) is 44.7 Å². The van der Waals surface area contributed by atoms with Gasteiger partial charge in [0.1, 0.15) is 17.4 Å². The van der Waals surface area contributed by atoms with Crippen LogP contribution in [-0.4, -0.2) is 28.6 Å². The first kappa shape index (κ1) is 22.2. The molecule has 0 spiro atoms. The smallest absolute Gasteiger partial charge is 0.214 e. The molecule has 1 aromatic carbocycles. The zero-order valence-electron chi connectivity index (χ0n) is 18.8. The lowest BCUT2D eigenvalue weighted by molar-refractivity contribution is 0.0572. The molecule has 4 rings (SSSR count). The predicted molar refractivity (Wildman–Crippen MR) is 118 cm³/mol. The summed E-state index contributed by atoms with van der Waals surface area (Å²) in [6.45, 7) is 5.32. The highest BCUT2D eigenvalue weighted by Gasteiger charge is 2.32. The highest BCUT2D eigenvalue weighted by atomic mass is 19.1. The summed E-state index contributed by atoms with van der Waals surface area (Å²) >= 11 is 0. The lowest BCUT2D eigenvalue weighted by atomic mass is 9.78. The van der Waals surface area contributed by atoms with Crippen LogP contribution in [0.25, 0.3) is 5.52 Å². The molecule has 3 aromatic rings. The van der Waals surface area contributed by atoms with E-state index in [1.807, 2.05) is 12.1 Å². The van der Waals surface area contributed by atoms with Crippen molar-refractivity contribution in [3.05, 3.63) is 59.3 Å². The molecule has 0 bridgehead atoms. The summed E-state index contributed by atoms with van der Waals surface area (Å²) in [7, 11) is 1.56. The molecule has 32 heavy (non-hydrogen) atoms. The maximum absolute atomic E-state index is 14.4. The first-order chi connectivity index (χ1) is 15.2. The van der Waals surface area contributed by atoms with Gasteiger partial charge in [0.2, 0.25) is 5.88 Å². The highest BCUT2D eigenvalue weighted by Crippen LogP contribution is 2.37. The van der Waals surface area contributed by atoms with Crippen molar-refractivity contribution in [2.24, 2.45) is 5.92 Å². The fourth-order valence-corrected chi connectivity index (χ4v) is 4.36. The van der Waals surface area contributed by atoms with Gasteiger partial charge in [-0.3, -0.25) is 4.79 Å². The molecule has 1 aliphatic carbocycles. The van der Waals surface area contributed by atoms with Crippen molar-refractivity contribution in [1.82, 2.24) is 9.61 Å². The second-order valence-electron chi connectivity index (χ2n) is 9.47. The monoisotopic (exact) mass is 442 g/mol. The van der Waals surface area contributed by atoms with Gasteiger partial charge in [0.25, 0.3) is 0 Å². The van der Waals surface area contributed by atoms with Crippen LogP contribution >= 0.6 is 0 Å². The van der Waals surface area contributed by atoms with Crippen LogP contribution in [0.15, 0.2) is 36.5 Å². The van der Waals surface area contributed by atoms with Gasteiger partial charge in [0.05, 0.1) is 30.5 Å². The van der Waals surface area contributed by atoms with Gasteiger partial charge in [-0.2, -0.15) is 5.10 Å². The van der Waals surface area contributed by atoms with E-state index in [9.17, 15) is 13.6 Å². The first-order valence-corrected chi connectivity index (χ1v) is 10.9. The predicted octanol–water partition coefficient (Wildman–Crippen LogP) is 5.74. The number of benzene rings is 1. The average molecular weight is 443 g/mol. The van der Waals surface area contributed by atoms with E-state index in [-0.39, 0.29) is 23.2 Å². The molecule has 1 fully saturated rings. The van der Waals surface area contributed by atoms with Gasteiger partial charge in [-0.05, 0) is 36.7 Å². The summed E-state index contributed by atoms with van der Waals surface area (Å²) in [6, 6.07) is 8.00. The van der Waals surface area contributed by atoms with Crippen LogP contribution in [0.1, 0.15) is 62.4 Å². The number of nitrogens with zero attached hydrogens (tertiary/aromatic N) is 2. The van der Waals surface area contributed by atoms with Crippen molar-refractivity contribution >= 4 is 11.3 Å². The Morgan fingerprint density at radius 3 is 2.50 bits per heavy atom. The van der Waals surface area contributed by atoms with Gasteiger partial charge in [0.15, 0.2) is 5.78 Å². The Kier molecular flexibility index (Phi) is 5.93. The number of fused-ring (bicyclic) bond motifs is 1. The minimum absolute atomic E-state index is 0.0412. The van der Waals surface area contributed by atoms with Crippen molar-refractivity contribution in [2.45, 2.75) is 58.0 Å². The number of ether oxygens (including phenoxy) is 2. The summed E-state index contributed by atoms with van der Waals surface area (Å²) in [4.78, 5) is 12.7. The fraction of sp³-hybridized carbons (Fsp3) is 0.440. The molecule has 0 amide bonds. The molecule has 1 aliphatic rings. The fourth-order valence-electron chi connectivity index (χ4n) is 4.36. The number of aromatic nitrogens is 2. The minimum atomic E-state index is -0.618. The van der Waals surface area contributed by atoms with E-state index < -0.39 is 17.0 Å². The summed E-state index contributed by atoms with van der Waals surface area (Å²) in [5.41, 5.74) is 0.764. The van der Waals surface area contributed by atoms with Crippen LogP contribution in [0.5, 0.6) is 11.6 Å². The van der Waals surface area contributed by atoms with Gasteiger partial charge >= 0.3 is 0 Å². The molecule has 2 heterocycles. The number of halogens is 2. The molecular weight excluding hydrogens is 414 g/mol. The number of carbonyl (C=O) groups is 1. The maximum atomic E-state index is 14.4. The van der Waals surface area contributed by atoms with Crippen LogP contribution in [-0.2, 0) is 5.41 Å². The Labute approximate surface area is 186 Å². The topological polar surface area (TPSA) is 52.8 Å². The molecule has 0 N–H and O–H groups in total. The van der Waals surface area contributed by atoms with Gasteiger partial charge in [0, 0.05) is 30.2 Å². The number of methoxy groups -OCH3 is 1. The second-order valence-corrected chi connectivity index (χ2v) is 9.47. The summed E-state index contributed by atoms with van der Waals surface area (Å²) in [6.07, 6.45) is 4.18. The number of rotatable bonds is 7. The lowest BCUT2D eigenvalue weighted by Gasteiger charge is -2.35. The molecule has 1 saturated carbocycles. The number of hydrogen-bond acceptors (Lipinski definition) is 4. The van der Waals surface area contributed by atoms with Gasteiger partial charge in [-0.1, -0.05) is 26.8 Å². The van der Waals surface area contributed by atoms with Crippen LogP contribution in [0.2, 0.25) is 0 Å². The molecule has 0 unspecified atom stereocenters. The third-order valence-corrected chi connectivity index (χ3v) is 6.06. The van der Waals surface area contributed by atoms with E-state index in [4.69, 9.17) is 9.47 Å². The number of hydrogen-bond donors (Lipinski definition) is 0. The molecule has 7 heteroatoms. The largest absolute Gasteiger partial charge is 0.490 e. The zero-order chi connectivity index (χ0) is 23.0. The van der Waals surface area contributed by atoms with Crippen molar-refractivity contribution in [1.29, 1.82) is 0 Å². The van der Waals surface area contributed by atoms with Crippen molar-refractivity contribution in [2.75, 3.05) is 7.11 Å². The Bertz CT molecular complexity index is 1120. The van der Waals surface area contributed by atoms with Gasteiger partial charge in [-0.15, -0.1) is 0 Å². The molecule has 0 saturated heterocycles. The van der Waals surface area contributed by atoms with Crippen molar-refractivity contribution in [3.8, 4) is 11.6 Å². The molecule has 2 aromatic heterocycles. The van der Waals surface area contributed by atoms with E-state index in [0.29, 0.717) is 23.8 Å². The Morgan fingerprint density at radius 1 is 1.19 bits per heavy atom. The van der Waals surface area contributed by atoms with Crippen LogP contribution in [0.3, 0.4) is 0 Å². The molecule has 5 nitrogen and oxygen atoms in total. The standard InChI is InChI=1S/C25H28F2N2O3/c1-25(2,3)24-19(26)12-17(13-20(24)27)32-16-10-15(11-16)8-9-22(30)18-14-28-29-21(18)6-5-7-23(29)31-4/h5-7,12-16H,8-11H2,1-4H3. The van der Waals surface area contributed by atoms with Crippen LogP contribution in [0, 0.1) is 17.6 Å². The van der Waals surface area contributed by atoms with Crippen LogP contribution in [0.4, 0.5) is 8.78 Å². The lowest BCUT2D eigenvalue weighted by Crippen LogP contribution is -2.34. The maximum Gasteiger partial charge on any atom is 0.214 e. The third-order valence-electron chi connectivity index (χ3n) is 6.06. The Balaban J connectivity index is 1.30. The molecule has 0 aliphatic heterocycles. The summed E-state index contributed by atoms with van der Waals surface area (Å²) in [5, 5.41) is 4.26. The quantitative estimate of drug-likeness (QED) is 0.438. The van der Waals surface area contributed by atoms with E-state index in [2.05, 4.69) is 5.10 Å². The normalized spacial score (nSPS) is 18.4. The number of pyridine rings is 1. The molecule has 170 valence electrons. The third kappa shape index (κ3) is 4.33. The van der Waals surface area contributed by atoms with Gasteiger partial charge in [-0.25, -0.2) is 13.3 Å². The highest BCUT2D eigenvalue weighted by molar-refractivity contribution is 6.02. The first-order valence-electron chi connectivity index (χ1n) is 10.9. The molecule has 0 radical (unpaired) electrons. The van der Waals surface area contributed by atoms with Crippen molar-refractivity contribution in [3.63, 3.8) is 0 Å². The molecular formula is C25H28F2N2O3. The van der Waals surface area contributed by atoms with E-state index in [1.165, 1.54) is 12.1 Å². The van der Waals surface area contributed by atoms with E-state index >= 15 is 0 Å². The van der Waals surface area contributed by atoms with Crippen LogP contribution < -0.4 is 9.47 Å². The number of carbonyl (C=O) groups excluding carboxylic acids is 1. The summed E-state index contributed by atoms with van der Waals surface area (Å²) < 4.78 is 41.4. The average Bonchev–Trinajstić information content (AvgIpc) is 3.12. The second kappa shape index (κ2) is 8.52. The Hall–Kier alpha value is -2.96. The van der Waals surface area contributed by atoms with Gasteiger partial charge < -0.3 is 9.47 Å². The number of ketones is 1. The molecule has 0 atom stereocenters. The van der Waals surface area contributed by atoms with Crippen molar-refractivity contribution < 1.29 is 23.0 Å². The number of Topliss-reactive ketones (excluding diaryl/α,β-unsaturated/α-hetero) is 1. The van der Waals surface area contributed by atoms with E-state index in [0.717, 1.165) is 24.8 Å². The zero-order valence-corrected chi connectivity index (χ0v) is 18.8.